The van der Waals surface area contributed by atoms with Gasteiger partial charge in [-0.3, -0.25) is 9.39 Å². The number of methoxy groups -OCH3 is 1. The molecule has 0 unspecified atom stereocenters. The molecule has 1 aliphatic heterocycles. The van der Waals surface area contributed by atoms with Crippen molar-refractivity contribution >= 4 is 41.3 Å². The van der Waals surface area contributed by atoms with Gasteiger partial charge in [0.05, 0.1) is 7.11 Å². The van der Waals surface area contributed by atoms with E-state index in [1.807, 2.05) is 48.0 Å². The van der Waals surface area contributed by atoms with E-state index in [9.17, 15) is 0 Å². The zero-order valence-electron chi connectivity index (χ0n) is 17.4. The minimum Gasteiger partial charge on any atom is -0.497 e. The van der Waals surface area contributed by atoms with Crippen LogP contribution in [0.2, 0.25) is 0 Å². The summed E-state index contributed by atoms with van der Waals surface area (Å²) < 4.78 is 7.27. The number of nitrogens with zero attached hydrogens (tertiary/aromatic N) is 6. The lowest BCUT2D eigenvalue weighted by atomic mass is 10.2. The van der Waals surface area contributed by atoms with Crippen molar-refractivity contribution in [3.63, 3.8) is 0 Å². The maximum atomic E-state index is 5.25. The van der Waals surface area contributed by atoms with Gasteiger partial charge in [-0.2, -0.15) is 0 Å². The second-order valence-electron chi connectivity index (χ2n) is 6.94. The molecule has 0 saturated carbocycles. The summed E-state index contributed by atoms with van der Waals surface area (Å²) in [5.41, 5.74) is 2.11. The normalized spacial score (nSPS) is 14.5. The summed E-state index contributed by atoms with van der Waals surface area (Å²) in [7, 11) is 3.53. The van der Waals surface area contributed by atoms with Crippen LogP contribution in [0.4, 0.5) is 5.69 Å². The van der Waals surface area contributed by atoms with Crippen LogP contribution in [0.25, 0.3) is 5.65 Å². The lowest BCUT2D eigenvalue weighted by molar-refractivity contribution is 0.372. The average Bonchev–Trinajstić information content (AvgIpc) is 3.20. The van der Waals surface area contributed by atoms with Crippen LogP contribution in [0.5, 0.6) is 5.75 Å². The van der Waals surface area contributed by atoms with Gasteiger partial charge in [0.25, 0.3) is 0 Å². The van der Waals surface area contributed by atoms with Crippen molar-refractivity contribution in [3.8, 4) is 5.75 Å². The first kappa shape index (κ1) is 22.1. The molecule has 0 amide bonds. The Balaban J connectivity index is 0.00000256. The molecule has 1 saturated heterocycles. The lowest BCUT2D eigenvalue weighted by Gasteiger charge is -2.37. The topological polar surface area (TPSA) is 70.3 Å². The maximum Gasteiger partial charge on any atom is 0.193 e. The molecule has 1 fully saturated rings. The van der Waals surface area contributed by atoms with Gasteiger partial charge in [0, 0.05) is 58.1 Å². The van der Waals surface area contributed by atoms with Gasteiger partial charge in [-0.05, 0) is 36.4 Å². The quantitative estimate of drug-likeness (QED) is 0.316. The van der Waals surface area contributed by atoms with Crippen molar-refractivity contribution in [3.05, 3.63) is 54.5 Å². The first-order chi connectivity index (χ1) is 14.3. The number of hydrogen-bond donors (Lipinski definition) is 1. The predicted octanol–water partition coefficient (Wildman–Crippen LogP) is 2.30. The number of fused-ring (bicyclic) bond motifs is 1. The van der Waals surface area contributed by atoms with Gasteiger partial charge in [0.2, 0.25) is 0 Å². The zero-order chi connectivity index (χ0) is 20.1. The number of ether oxygens (including phenoxy) is 1. The summed E-state index contributed by atoms with van der Waals surface area (Å²) in [5.74, 6) is 2.78. The highest BCUT2D eigenvalue weighted by molar-refractivity contribution is 14.0. The van der Waals surface area contributed by atoms with Crippen molar-refractivity contribution < 1.29 is 4.74 Å². The molecule has 8 nitrogen and oxygen atoms in total. The molecule has 0 spiro atoms. The van der Waals surface area contributed by atoms with Crippen LogP contribution in [0, 0.1) is 0 Å². The molecular formula is C21H28IN7O. The fraction of sp³-hybridized carbons (Fsp3) is 0.381. The van der Waals surface area contributed by atoms with E-state index in [2.05, 4.69) is 42.4 Å². The second-order valence-corrected chi connectivity index (χ2v) is 6.94. The van der Waals surface area contributed by atoms with Crippen LogP contribution in [0.15, 0.2) is 53.7 Å². The number of pyridine rings is 1. The Hall–Kier alpha value is -2.56. The summed E-state index contributed by atoms with van der Waals surface area (Å²) in [5, 5.41) is 12.0. The van der Waals surface area contributed by atoms with Gasteiger partial charge in [-0.1, -0.05) is 6.07 Å². The number of aliphatic imine (C=N–C) groups is 1. The largest absolute Gasteiger partial charge is 0.497 e. The second kappa shape index (κ2) is 10.5. The molecule has 30 heavy (non-hydrogen) atoms. The Labute approximate surface area is 194 Å². The van der Waals surface area contributed by atoms with E-state index in [0.29, 0.717) is 0 Å². The molecule has 0 bridgehead atoms. The van der Waals surface area contributed by atoms with E-state index >= 15 is 0 Å². The number of halogens is 1. The average molecular weight is 521 g/mol. The zero-order valence-corrected chi connectivity index (χ0v) is 19.7. The fourth-order valence-electron chi connectivity index (χ4n) is 3.65. The number of guanidine groups is 1. The fourth-order valence-corrected chi connectivity index (χ4v) is 3.65. The smallest absolute Gasteiger partial charge is 0.193 e. The molecule has 1 aliphatic rings. The van der Waals surface area contributed by atoms with Gasteiger partial charge in [-0.15, -0.1) is 34.2 Å². The molecule has 0 atom stereocenters. The SMILES string of the molecule is CN=C(NCCc1nnc2ccccn12)N1CCN(c2ccc(OC)cc2)CC1.I. The highest BCUT2D eigenvalue weighted by atomic mass is 127. The van der Waals surface area contributed by atoms with E-state index < -0.39 is 0 Å². The molecular weight excluding hydrogens is 493 g/mol. The molecule has 4 rings (SSSR count). The highest BCUT2D eigenvalue weighted by Crippen LogP contribution is 2.20. The van der Waals surface area contributed by atoms with Crippen molar-refractivity contribution in [1.29, 1.82) is 0 Å². The molecule has 0 radical (unpaired) electrons. The van der Waals surface area contributed by atoms with Crippen LogP contribution < -0.4 is 15.0 Å². The number of nitrogens with one attached hydrogen (secondary N) is 1. The lowest BCUT2D eigenvalue weighted by Crippen LogP contribution is -2.52. The monoisotopic (exact) mass is 521 g/mol. The number of piperazine rings is 1. The van der Waals surface area contributed by atoms with Crippen molar-refractivity contribution in [2.24, 2.45) is 4.99 Å². The van der Waals surface area contributed by atoms with E-state index in [4.69, 9.17) is 4.74 Å². The van der Waals surface area contributed by atoms with Crippen LogP contribution in [-0.2, 0) is 6.42 Å². The Morgan fingerprint density at radius 3 is 2.53 bits per heavy atom. The highest BCUT2D eigenvalue weighted by Gasteiger charge is 2.20. The molecule has 1 aromatic carbocycles. The summed E-state index contributed by atoms with van der Waals surface area (Å²) in [6, 6.07) is 14.2. The van der Waals surface area contributed by atoms with E-state index in [-0.39, 0.29) is 24.0 Å². The van der Waals surface area contributed by atoms with Gasteiger partial charge in [0.1, 0.15) is 11.6 Å². The van der Waals surface area contributed by atoms with Crippen LogP contribution in [0.3, 0.4) is 0 Å². The van der Waals surface area contributed by atoms with Crippen molar-refractivity contribution in [2.75, 3.05) is 51.8 Å². The first-order valence-corrected chi connectivity index (χ1v) is 9.92. The molecule has 0 aliphatic carbocycles. The third-order valence-electron chi connectivity index (χ3n) is 5.24. The molecule has 9 heteroatoms. The number of rotatable bonds is 5. The number of hydrogen-bond acceptors (Lipinski definition) is 5. The standard InChI is InChI=1S/C21H27N7O.HI/c1-22-21(23-11-10-20-25-24-19-5-3-4-12-28(19)20)27-15-13-26(14-16-27)17-6-8-18(29-2)9-7-17;/h3-9,12H,10-11,13-16H2,1-2H3,(H,22,23);1H. The maximum absolute atomic E-state index is 5.25. The number of benzene rings is 1. The minimum atomic E-state index is 0. The molecule has 2 aromatic heterocycles. The van der Waals surface area contributed by atoms with Crippen LogP contribution in [-0.4, -0.2) is 72.3 Å². The summed E-state index contributed by atoms with van der Waals surface area (Å²) in [6.07, 6.45) is 2.79. The third-order valence-corrected chi connectivity index (χ3v) is 5.24. The summed E-state index contributed by atoms with van der Waals surface area (Å²) in [4.78, 5) is 9.17. The Morgan fingerprint density at radius 1 is 1.07 bits per heavy atom. The van der Waals surface area contributed by atoms with Crippen molar-refractivity contribution in [1.82, 2.24) is 24.8 Å². The van der Waals surface area contributed by atoms with E-state index in [0.717, 1.165) is 62.3 Å². The van der Waals surface area contributed by atoms with E-state index in [1.54, 1.807) is 7.11 Å². The number of anilines is 1. The number of aromatic nitrogens is 3. The van der Waals surface area contributed by atoms with Gasteiger partial charge < -0.3 is 19.9 Å². The minimum absolute atomic E-state index is 0. The van der Waals surface area contributed by atoms with Crippen LogP contribution in [0.1, 0.15) is 5.82 Å². The van der Waals surface area contributed by atoms with Crippen molar-refractivity contribution in [2.45, 2.75) is 6.42 Å². The van der Waals surface area contributed by atoms with Gasteiger partial charge in [0.15, 0.2) is 11.6 Å². The molecule has 160 valence electrons. The Morgan fingerprint density at radius 2 is 1.83 bits per heavy atom. The summed E-state index contributed by atoms with van der Waals surface area (Å²) in [6.45, 7) is 4.55. The third kappa shape index (κ3) is 4.94. The van der Waals surface area contributed by atoms with Gasteiger partial charge in [-0.25, -0.2) is 0 Å². The van der Waals surface area contributed by atoms with Gasteiger partial charge >= 0.3 is 0 Å². The first-order valence-electron chi connectivity index (χ1n) is 9.92. The molecule has 1 N–H and O–H groups in total. The summed E-state index contributed by atoms with van der Waals surface area (Å²) >= 11 is 0. The van der Waals surface area contributed by atoms with Crippen LogP contribution >= 0.6 is 24.0 Å². The Kier molecular flexibility index (Phi) is 7.72. The molecule has 3 aromatic rings. The molecule has 3 heterocycles. The Bertz CT molecular complexity index is 965. The van der Waals surface area contributed by atoms with E-state index in [1.165, 1.54) is 5.69 Å². The predicted molar refractivity (Wildman–Crippen MR) is 130 cm³/mol.